The summed E-state index contributed by atoms with van der Waals surface area (Å²) in [6.07, 6.45) is 1.48. The van der Waals surface area contributed by atoms with Crippen LogP contribution in [0.5, 0.6) is 0 Å². The normalized spacial score (nSPS) is 12.4. The first-order valence-corrected chi connectivity index (χ1v) is 5.20. The van der Waals surface area contributed by atoms with Crippen molar-refractivity contribution in [3.8, 4) is 6.07 Å². The van der Waals surface area contributed by atoms with Gasteiger partial charge in [0.1, 0.15) is 5.76 Å². The number of unbranched alkanes of at least 4 members (excludes halogenated alkanes) is 1. The molecule has 0 saturated heterocycles. The minimum Gasteiger partial charge on any atom is -0.361 e. The molecule has 0 aliphatic rings. The van der Waals surface area contributed by atoms with Gasteiger partial charge in [0.15, 0.2) is 0 Å². The molecule has 0 bridgehead atoms. The summed E-state index contributed by atoms with van der Waals surface area (Å²) >= 11 is 0. The van der Waals surface area contributed by atoms with Gasteiger partial charge in [-0.25, -0.2) is 0 Å². The smallest absolute Gasteiger partial charge is 0.138 e. The summed E-state index contributed by atoms with van der Waals surface area (Å²) in [5.74, 6) is 0.868. The largest absolute Gasteiger partial charge is 0.361 e. The Bertz CT molecular complexity index is 332. The Hall–Kier alpha value is -1.34. The molecular weight excluding hydrogens is 190 g/mol. The Morgan fingerprint density at radius 2 is 2.27 bits per heavy atom. The van der Waals surface area contributed by atoms with Gasteiger partial charge in [-0.05, 0) is 33.7 Å². The Balaban J connectivity index is 2.47. The van der Waals surface area contributed by atoms with Crippen LogP contribution < -0.4 is 5.32 Å². The van der Waals surface area contributed by atoms with E-state index in [1.165, 1.54) is 0 Å². The molecule has 4 nitrogen and oxygen atoms in total. The number of aromatic nitrogens is 1. The van der Waals surface area contributed by atoms with Crippen LogP contribution in [0.15, 0.2) is 4.52 Å². The van der Waals surface area contributed by atoms with E-state index < -0.39 is 0 Å². The second-order valence-electron chi connectivity index (χ2n) is 3.68. The Kier molecular flexibility index (Phi) is 4.32. The number of nitriles is 1. The van der Waals surface area contributed by atoms with E-state index in [2.05, 4.69) is 23.5 Å². The van der Waals surface area contributed by atoms with E-state index in [0.29, 0.717) is 6.42 Å². The lowest BCUT2D eigenvalue weighted by Gasteiger charge is -2.12. The van der Waals surface area contributed by atoms with E-state index in [1.54, 1.807) is 0 Å². The van der Waals surface area contributed by atoms with Crippen LogP contribution >= 0.6 is 0 Å². The fourth-order valence-electron chi connectivity index (χ4n) is 1.70. The molecule has 0 aromatic carbocycles. The summed E-state index contributed by atoms with van der Waals surface area (Å²) in [5.41, 5.74) is 2.07. The molecule has 1 aromatic rings. The van der Waals surface area contributed by atoms with Gasteiger partial charge in [0.05, 0.1) is 11.8 Å². The van der Waals surface area contributed by atoms with Gasteiger partial charge in [0, 0.05) is 18.0 Å². The zero-order chi connectivity index (χ0) is 11.3. The van der Waals surface area contributed by atoms with Crippen molar-refractivity contribution < 1.29 is 4.52 Å². The zero-order valence-corrected chi connectivity index (χ0v) is 9.50. The van der Waals surface area contributed by atoms with E-state index in [4.69, 9.17) is 9.78 Å². The molecule has 82 valence electrons. The average Bonchev–Trinajstić information content (AvgIpc) is 2.53. The van der Waals surface area contributed by atoms with Crippen molar-refractivity contribution >= 4 is 0 Å². The van der Waals surface area contributed by atoms with Gasteiger partial charge in [-0.3, -0.25) is 0 Å². The lowest BCUT2D eigenvalue weighted by molar-refractivity contribution is 0.390. The number of hydrogen-bond acceptors (Lipinski definition) is 4. The van der Waals surface area contributed by atoms with Crippen molar-refractivity contribution in [3.63, 3.8) is 0 Å². The monoisotopic (exact) mass is 207 g/mol. The quantitative estimate of drug-likeness (QED) is 0.752. The minimum absolute atomic E-state index is 0.231. The zero-order valence-electron chi connectivity index (χ0n) is 9.50. The molecule has 15 heavy (non-hydrogen) atoms. The van der Waals surface area contributed by atoms with Crippen LogP contribution in [-0.2, 0) is 0 Å². The summed E-state index contributed by atoms with van der Waals surface area (Å²) in [4.78, 5) is 0. The maximum Gasteiger partial charge on any atom is 0.138 e. The van der Waals surface area contributed by atoms with Gasteiger partial charge in [0.2, 0.25) is 0 Å². The Morgan fingerprint density at radius 3 is 2.80 bits per heavy atom. The molecule has 1 aromatic heterocycles. The molecule has 1 heterocycles. The highest BCUT2D eigenvalue weighted by atomic mass is 16.5. The van der Waals surface area contributed by atoms with Crippen molar-refractivity contribution in [1.29, 1.82) is 5.26 Å². The van der Waals surface area contributed by atoms with Gasteiger partial charge in [-0.1, -0.05) is 5.16 Å². The van der Waals surface area contributed by atoms with Crippen LogP contribution in [0.1, 0.15) is 42.8 Å². The Morgan fingerprint density at radius 1 is 1.53 bits per heavy atom. The summed E-state index contributed by atoms with van der Waals surface area (Å²) in [6.45, 7) is 6.79. The van der Waals surface area contributed by atoms with Gasteiger partial charge in [-0.15, -0.1) is 0 Å². The van der Waals surface area contributed by atoms with Gasteiger partial charge >= 0.3 is 0 Å². The average molecular weight is 207 g/mol. The third-order valence-electron chi connectivity index (χ3n) is 2.44. The van der Waals surface area contributed by atoms with Gasteiger partial charge in [-0.2, -0.15) is 5.26 Å². The maximum absolute atomic E-state index is 8.40. The number of aryl methyl sites for hydroxylation is 2. The van der Waals surface area contributed by atoms with Crippen LogP contribution in [-0.4, -0.2) is 11.7 Å². The standard InChI is InChI=1S/C11H17N3O/c1-8(13-7-5-4-6-12)11-9(2)14-15-10(11)3/h8,13H,4-5,7H2,1-3H3. The third-order valence-corrected chi connectivity index (χ3v) is 2.44. The maximum atomic E-state index is 8.40. The van der Waals surface area contributed by atoms with Gasteiger partial charge in [0.25, 0.3) is 0 Å². The van der Waals surface area contributed by atoms with E-state index >= 15 is 0 Å². The van der Waals surface area contributed by atoms with E-state index in [0.717, 1.165) is 30.0 Å². The highest BCUT2D eigenvalue weighted by Gasteiger charge is 2.15. The molecule has 0 aliphatic heterocycles. The minimum atomic E-state index is 0.231. The van der Waals surface area contributed by atoms with Crippen molar-refractivity contribution in [2.24, 2.45) is 0 Å². The second-order valence-corrected chi connectivity index (χ2v) is 3.68. The molecule has 0 fully saturated rings. The lowest BCUT2D eigenvalue weighted by Crippen LogP contribution is -2.20. The van der Waals surface area contributed by atoms with Crippen molar-refractivity contribution in [3.05, 3.63) is 17.0 Å². The van der Waals surface area contributed by atoms with E-state index in [1.807, 2.05) is 13.8 Å². The summed E-state index contributed by atoms with van der Waals surface area (Å²) < 4.78 is 5.10. The highest BCUT2D eigenvalue weighted by molar-refractivity contribution is 5.24. The third kappa shape index (κ3) is 3.07. The van der Waals surface area contributed by atoms with Crippen LogP contribution in [0.2, 0.25) is 0 Å². The molecule has 1 unspecified atom stereocenters. The molecule has 1 atom stereocenters. The highest BCUT2D eigenvalue weighted by Crippen LogP contribution is 2.20. The summed E-state index contributed by atoms with van der Waals surface area (Å²) in [7, 11) is 0. The first-order valence-electron chi connectivity index (χ1n) is 5.20. The molecule has 0 radical (unpaired) electrons. The first-order chi connectivity index (χ1) is 7.16. The predicted molar refractivity (Wildman–Crippen MR) is 57.2 cm³/mol. The van der Waals surface area contributed by atoms with Crippen LogP contribution in [0.25, 0.3) is 0 Å². The first kappa shape index (κ1) is 11.7. The SMILES string of the molecule is Cc1noc(C)c1C(C)NCCCC#N. The van der Waals surface area contributed by atoms with Crippen LogP contribution in [0.3, 0.4) is 0 Å². The van der Waals surface area contributed by atoms with Crippen LogP contribution in [0.4, 0.5) is 0 Å². The molecule has 1 rings (SSSR count). The number of nitrogens with one attached hydrogen (secondary N) is 1. The van der Waals surface area contributed by atoms with Gasteiger partial charge < -0.3 is 9.84 Å². The molecule has 1 N–H and O–H groups in total. The fourth-order valence-corrected chi connectivity index (χ4v) is 1.70. The molecule has 4 heteroatoms. The second kappa shape index (κ2) is 5.52. The van der Waals surface area contributed by atoms with E-state index in [9.17, 15) is 0 Å². The summed E-state index contributed by atoms with van der Waals surface area (Å²) in [6, 6.07) is 2.36. The Labute approximate surface area is 90.3 Å². The predicted octanol–water partition coefficient (Wildman–Crippen LogP) is 2.25. The number of nitrogens with zero attached hydrogens (tertiary/aromatic N) is 2. The van der Waals surface area contributed by atoms with E-state index in [-0.39, 0.29) is 6.04 Å². The molecular formula is C11H17N3O. The van der Waals surface area contributed by atoms with Crippen molar-refractivity contribution in [1.82, 2.24) is 10.5 Å². The van der Waals surface area contributed by atoms with Crippen molar-refractivity contribution in [2.75, 3.05) is 6.54 Å². The topological polar surface area (TPSA) is 61.9 Å². The lowest BCUT2D eigenvalue weighted by atomic mass is 10.1. The molecule has 0 amide bonds. The fraction of sp³-hybridized carbons (Fsp3) is 0.636. The van der Waals surface area contributed by atoms with Crippen LogP contribution in [0, 0.1) is 25.2 Å². The number of rotatable bonds is 5. The van der Waals surface area contributed by atoms with Crippen molar-refractivity contribution in [2.45, 2.75) is 39.7 Å². The summed E-state index contributed by atoms with van der Waals surface area (Å²) in [5, 5.41) is 15.7. The molecule has 0 saturated carbocycles. The molecule has 0 spiro atoms. The number of hydrogen-bond donors (Lipinski definition) is 1. The molecule has 0 aliphatic carbocycles.